The third kappa shape index (κ3) is 3.64. The highest BCUT2D eigenvalue weighted by Gasteiger charge is 2.24. The Labute approximate surface area is 136 Å². The van der Waals surface area contributed by atoms with E-state index in [4.69, 9.17) is 15.2 Å². The van der Waals surface area contributed by atoms with Crippen molar-refractivity contribution in [2.24, 2.45) is 0 Å². The van der Waals surface area contributed by atoms with E-state index in [0.29, 0.717) is 29.2 Å². The number of nitrogen functional groups attached to an aromatic ring is 1. The number of nitrogens with two attached hydrogens (primary N) is 1. The van der Waals surface area contributed by atoms with Gasteiger partial charge in [-0.25, -0.2) is 4.79 Å². The molecule has 2 aromatic rings. The summed E-state index contributed by atoms with van der Waals surface area (Å²) in [6.07, 6.45) is 0.0392. The number of hydrogen-bond donors (Lipinski definition) is 1. The molecule has 0 spiro atoms. The Morgan fingerprint density at radius 2 is 2.04 bits per heavy atom. The Morgan fingerprint density at radius 1 is 1.35 bits per heavy atom. The summed E-state index contributed by atoms with van der Waals surface area (Å²) < 4.78 is 11.9. The van der Waals surface area contributed by atoms with Gasteiger partial charge in [-0.2, -0.15) is 9.78 Å². The van der Waals surface area contributed by atoms with E-state index in [1.54, 1.807) is 7.11 Å². The van der Waals surface area contributed by atoms with Gasteiger partial charge in [0.1, 0.15) is 17.0 Å². The lowest BCUT2D eigenvalue weighted by atomic mass is 10.1. The van der Waals surface area contributed by atoms with Crippen LogP contribution in [0, 0.1) is 0 Å². The normalized spacial score (nSPS) is 11.3. The smallest absolute Gasteiger partial charge is 0.435 e. The zero-order valence-corrected chi connectivity index (χ0v) is 14.2. The number of hydrogen-bond acceptors (Lipinski definition) is 5. The average molecular weight is 317 g/mol. The van der Waals surface area contributed by atoms with Gasteiger partial charge >= 0.3 is 6.09 Å². The van der Waals surface area contributed by atoms with Crippen LogP contribution in [0.15, 0.2) is 24.3 Å². The standard InChI is InChI=1S/C17H23N3O3/c1-6-13-14(18)15(11-8-7-9-12(10-11)22-5)19-20(13)16(21)23-17(2,3)4/h7-10H,6,18H2,1-5H3. The van der Waals surface area contributed by atoms with Crippen molar-refractivity contribution in [1.29, 1.82) is 0 Å². The van der Waals surface area contributed by atoms with Crippen LogP contribution in [-0.4, -0.2) is 28.6 Å². The van der Waals surface area contributed by atoms with Gasteiger partial charge in [0.25, 0.3) is 0 Å². The summed E-state index contributed by atoms with van der Waals surface area (Å²) in [5.74, 6) is 0.701. The molecule has 0 amide bonds. The highest BCUT2D eigenvalue weighted by molar-refractivity contribution is 5.81. The Kier molecular flexibility index (Phi) is 4.63. The molecular formula is C17H23N3O3. The van der Waals surface area contributed by atoms with Crippen molar-refractivity contribution in [2.75, 3.05) is 12.8 Å². The molecule has 6 nitrogen and oxygen atoms in total. The fourth-order valence-electron chi connectivity index (χ4n) is 2.24. The maximum absolute atomic E-state index is 12.4. The first-order chi connectivity index (χ1) is 10.8. The number of carbonyl (C=O) groups excluding carboxylic acids is 1. The predicted octanol–water partition coefficient (Wildman–Crippen LogP) is 3.49. The Morgan fingerprint density at radius 3 is 2.61 bits per heavy atom. The fourth-order valence-corrected chi connectivity index (χ4v) is 2.24. The molecule has 0 radical (unpaired) electrons. The lowest BCUT2D eigenvalue weighted by Crippen LogP contribution is -2.28. The van der Waals surface area contributed by atoms with Crippen molar-refractivity contribution in [3.63, 3.8) is 0 Å². The maximum atomic E-state index is 12.4. The number of aromatic nitrogens is 2. The molecule has 0 saturated carbocycles. The molecule has 0 aliphatic carbocycles. The maximum Gasteiger partial charge on any atom is 0.435 e. The van der Waals surface area contributed by atoms with Crippen molar-refractivity contribution in [3.8, 4) is 17.0 Å². The molecule has 23 heavy (non-hydrogen) atoms. The first-order valence-corrected chi connectivity index (χ1v) is 7.52. The van der Waals surface area contributed by atoms with Gasteiger partial charge in [-0.05, 0) is 39.3 Å². The molecule has 0 atom stereocenters. The van der Waals surface area contributed by atoms with Crippen molar-refractivity contribution in [1.82, 2.24) is 9.78 Å². The van der Waals surface area contributed by atoms with Crippen LogP contribution in [0.3, 0.4) is 0 Å². The molecule has 0 fully saturated rings. The van der Waals surface area contributed by atoms with Gasteiger partial charge in [-0.15, -0.1) is 0 Å². The molecule has 6 heteroatoms. The number of carbonyl (C=O) groups is 1. The molecule has 1 aromatic carbocycles. The van der Waals surface area contributed by atoms with Crippen LogP contribution in [-0.2, 0) is 11.2 Å². The zero-order valence-electron chi connectivity index (χ0n) is 14.2. The number of ether oxygens (including phenoxy) is 2. The molecule has 124 valence electrons. The summed E-state index contributed by atoms with van der Waals surface area (Å²) in [6.45, 7) is 7.36. The van der Waals surface area contributed by atoms with Gasteiger partial charge in [0.05, 0.1) is 18.5 Å². The summed E-state index contributed by atoms with van der Waals surface area (Å²) in [5, 5.41) is 4.37. The molecule has 0 aliphatic heterocycles. The van der Waals surface area contributed by atoms with Crippen LogP contribution >= 0.6 is 0 Å². The van der Waals surface area contributed by atoms with E-state index in [2.05, 4.69) is 5.10 Å². The van der Waals surface area contributed by atoms with Crippen molar-refractivity contribution < 1.29 is 14.3 Å². The fraction of sp³-hybridized carbons (Fsp3) is 0.412. The molecule has 0 aliphatic rings. The van der Waals surface area contributed by atoms with E-state index in [9.17, 15) is 4.79 Å². The van der Waals surface area contributed by atoms with Crippen LogP contribution in [0.5, 0.6) is 5.75 Å². The van der Waals surface area contributed by atoms with Gasteiger partial charge in [0.15, 0.2) is 0 Å². The second-order valence-electron chi connectivity index (χ2n) is 6.19. The van der Waals surface area contributed by atoms with Crippen molar-refractivity contribution >= 4 is 11.8 Å². The molecule has 0 bridgehead atoms. The van der Waals surface area contributed by atoms with E-state index >= 15 is 0 Å². The summed E-state index contributed by atoms with van der Waals surface area (Å²) in [7, 11) is 1.60. The third-order valence-electron chi connectivity index (χ3n) is 3.27. The summed E-state index contributed by atoms with van der Waals surface area (Å²) >= 11 is 0. The number of rotatable bonds is 3. The van der Waals surface area contributed by atoms with Gasteiger partial charge in [-0.3, -0.25) is 0 Å². The SMILES string of the molecule is CCc1c(N)c(-c2cccc(OC)c2)nn1C(=O)OC(C)(C)C. The number of benzene rings is 1. The highest BCUT2D eigenvalue weighted by atomic mass is 16.6. The number of methoxy groups -OCH3 is 1. The average Bonchev–Trinajstić information content (AvgIpc) is 2.82. The van der Waals surface area contributed by atoms with Gasteiger partial charge < -0.3 is 15.2 Å². The molecule has 0 unspecified atom stereocenters. The molecule has 2 N–H and O–H groups in total. The van der Waals surface area contributed by atoms with Gasteiger partial charge in [-0.1, -0.05) is 19.1 Å². The minimum Gasteiger partial charge on any atom is -0.497 e. The largest absolute Gasteiger partial charge is 0.497 e. The second kappa shape index (κ2) is 6.32. The Hall–Kier alpha value is -2.50. The van der Waals surface area contributed by atoms with E-state index in [1.165, 1.54) is 4.68 Å². The molecule has 1 aromatic heterocycles. The quantitative estimate of drug-likeness (QED) is 0.937. The molecular weight excluding hydrogens is 294 g/mol. The third-order valence-corrected chi connectivity index (χ3v) is 3.27. The topological polar surface area (TPSA) is 79.4 Å². The molecule has 0 saturated heterocycles. The Bertz CT molecular complexity index is 714. The van der Waals surface area contributed by atoms with Gasteiger partial charge in [0.2, 0.25) is 0 Å². The first-order valence-electron chi connectivity index (χ1n) is 7.52. The minimum atomic E-state index is -0.598. The first kappa shape index (κ1) is 16.9. The van der Waals surface area contributed by atoms with Crippen LogP contribution in [0.4, 0.5) is 10.5 Å². The second-order valence-corrected chi connectivity index (χ2v) is 6.19. The predicted molar refractivity (Wildman–Crippen MR) is 89.6 cm³/mol. The van der Waals surface area contributed by atoms with Crippen LogP contribution < -0.4 is 10.5 Å². The molecule has 2 rings (SSSR count). The number of nitrogens with zero attached hydrogens (tertiary/aromatic N) is 2. The minimum absolute atomic E-state index is 0.478. The van der Waals surface area contributed by atoms with Crippen molar-refractivity contribution in [2.45, 2.75) is 39.7 Å². The van der Waals surface area contributed by atoms with Crippen LogP contribution in [0.2, 0.25) is 0 Å². The number of anilines is 1. The summed E-state index contributed by atoms with van der Waals surface area (Å²) in [5.41, 5.74) is 8.06. The van der Waals surface area contributed by atoms with Crippen LogP contribution in [0.25, 0.3) is 11.3 Å². The lowest BCUT2D eigenvalue weighted by Gasteiger charge is -2.19. The lowest BCUT2D eigenvalue weighted by molar-refractivity contribution is 0.0510. The van der Waals surface area contributed by atoms with E-state index in [1.807, 2.05) is 52.0 Å². The highest BCUT2D eigenvalue weighted by Crippen LogP contribution is 2.30. The zero-order chi connectivity index (χ0) is 17.2. The summed E-state index contributed by atoms with van der Waals surface area (Å²) in [4.78, 5) is 12.4. The van der Waals surface area contributed by atoms with E-state index in [0.717, 1.165) is 5.56 Å². The Balaban J connectivity index is 2.49. The van der Waals surface area contributed by atoms with Crippen LogP contribution in [0.1, 0.15) is 33.4 Å². The van der Waals surface area contributed by atoms with E-state index in [-0.39, 0.29) is 0 Å². The monoisotopic (exact) mass is 317 g/mol. The summed E-state index contributed by atoms with van der Waals surface area (Å²) in [6, 6.07) is 7.40. The van der Waals surface area contributed by atoms with E-state index < -0.39 is 11.7 Å². The van der Waals surface area contributed by atoms with Crippen molar-refractivity contribution in [3.05, 3.63) is 30.0 Å². The van der Waals surface area contributed by atoms with Gasteiger partial charge in [0, 0.05) is 5.56 Å². The molecule has 1 heterocycles.